The standard InChI is InChI=1S/C19H27FN6O/c1-3-21-19(22-11-10-14-6-4-5-7-16(14)20)23-15-8-9-18-24-17(13-27-2)25-26(18)12-15/h4-7,15H,3,8-13H2,1-2H3,(H2,21,22,23). The molecule has 0 fully saturated rings. The second kappa shape index (κ2) is 9.45. The number of halogens is 1. The average molecular weight is 374 g/mol. The highest BCUT2D eigenvalue weighted by Gasteiger charge is 2.22. The van der Waals surface area contributed by atoms with Gasteiger partial charge in [-0.15, -0.1) is 0 Å². The lowest BCUT2D eigenvalue weighted by Crippen LogP contribution is -2.47. The van der Waals surface area contributed by atoms with Gasteiger partial charge in [-0.05, 0) is 31.4 Å². The molecule has 0 amide bonds. The number of nitrogens with one attached hydrogen (secondary N) is 2. The number of hydrogen-bond acceptors (Lipinski definition) is 4. The third-order valence-electron chi connectivity index (χ3n) is 4.47. The van der Waals surface area contributed by atoms with E-state index in [1.54, 1.807) is 19.2 Å². The Kier molecular flexibility index (Phi) is 6.75. The van der Waals surface area contributed by atoms with Gasteiger partial charge in [-0.3, -0.25) is 4.99 Å². The number of aryl methyl sites for hydroxylation is 1. The van der Waals surface area contributed by atoms with E-state index in [2.05, 4.69) is 25.7 Å². The minimum Gasteiger partial charge on any atom is -0.377 e. The zero-order valence-electron chi connectivity index (χ0n) is 15.9. The zero-order valence-corrected chi connectivity index (χ0v) is 15.9. The van der Waals surface area contributed by atoms with Crippen molar-refractivity contribution in [3.63, 3.8) is 0 Å². The molecule has 146 valence electrons. The molecule has 2 N–H and O–H groups in total. The Morgan fingerprint density at radius 2 is 2.26 bits per heavy atom. The first-order chi connectivity index (χ1) is 13.2. The van der Waals surface area contributed by atoms with E-state index in [1.807, 2.05) is 17.7 Å². The topological polar surface area (TPSA) is 76.4 Å². The summed E-state index contributed by atoms with van der Waals surface area (Å²) in [5.74, 6) is 2.29. The Hall–Kier alpha value is -2.48. The second-order valence-corrected chi connectivity index (χ2v) is 6.54. The fourth-order valence-electron chi connectivity index (χ4n) is 3.17. The number of benzene rings is 1. The van der Waals surface area contributed by atoms with Gasteiger partial charge in [0.25, 0.3) is 0 Å². The van der Waals surface area contributed by atoms with E-state index >= 15 is 0 Å². The molecule has 0 aliphatic carbocycles. The van der Waals surface area contributed by atoms with Crippen LogP contribution in [-0.4, -0.2) is 47.0 Å². The van der Waals surface area contributed by atoms with Crippen molar-refractivity contribution in [1.29, 1.82) is 0 Å². The van der Waals surface area contributed by atoms with Crippen molar-refractivity contribution in [3.8, 4) is 0 Å². The SMILES string of the molecule is CCNC(=NCCc1ccccc1F)NC1CCc2nc(COC)nn2C1. The van der Waals surface area contributed by atoms with Crippen LogP contribution in [0.2, 0.25) is 0 Å². The number of ether oxygens (including phenoxy) is 1. The molecule has 2 aromatic rings. The third kappa shape index (κ3) is 5.26. The maximum Gasteiger partial charge on any atom is 0.191 e. The molecule has 3 rings (SSSR count). The van der Waals surface area contributed by atoms with Crippen LogP contribution in [-0.2, 0) is 30.7 Å². The Labute approximate surface area is 159 Å². The largest absolute Gasteiger partial charge is 0.377 e. The van der Waals surface area contributed by atoms with E-state index in [0.717, 1.165) is 43.5 Å². The predicted octanol–water partition coefficient (Wildman–Crippen LogP) is 1.68. The number of methoxy groups -OCH3 is 1. The number of nitrogens with zero attached hydrogens (tertiary/aromatic N) is 4. The molecule has 1 aromatic carbocycles. The minimum atomic E-state index is -0.177. The summed E-state index contributed by atoms with van der Waals surface area (Å²) in [6, 6.07) is 7.06. The fraction of sp³-hybridized carbons (Fsp3) is 0.526. The summed E-state index contributed by atoms with van der Waals surface area (Å²) in [5, 5.41) is 11.2. The number of fused-ring (bicyclic) bond motifs is 1. The maximum absolute atomic E-state index is 13.7. The van der Waals surface area contributed by atoms with Crippen LogP contribution in [0.3, 0.4) is 0 Å². The molecule has 0 saturated carbocycles. The Morgan fingerprint density at radius 3 is 3.04 bits per heavy atom. The molecule has 0 saturated heterocycles. The summed E-state index contributed by atoms with van der Waals surface area (Å²) < 4.78 is 20.8. The van der Waals surface area contributed by atoms with Crippen LogP contribution < -0.4 is 10.6 Å². The lowest BCUT2D eigenvalue weighted by molar-refractivity contribution is 0.177. The number of guanidine groups is 1. The normalized spacial score (nSPS) is 16.9. The lowest BCUT2D eigenvalue weighted by atomic mass is 10.1. The maximum atomic E-state index is 13.7. The van der Waals surface area contributed by atoms with Crippen LogP contribution in [0, 0.1) is 5.82 Å². The van der Waals surface area contributed by atoms with Gasteiger partial charge in [-0.1, -0.05) is 18.2 Å². The van der Waals surface area contributed by atoms with Gasteiger partial charge in [0.15, 0.2) is 11.8 Å². The van der Waals surface area contributed by atoms with Crippen molar-refractivity contribution in [2.24, 2.45) is 4.99 Å². The average Bonchev–Trinajstić information content (AvgIpc) is 3.05. The van der Waals surface area contributed by atoms with Crippen molar-refractivity contribution in [2.45, 2.75) is 45.4 Å². The van der Waals surface area contributed by atoms with E-state index in [4.69, 9.17) is 4.74 Å². The van der Waals surface area contributed by atoms with E-state index in [9.17, 15) is 4.39 Å². The van der Waals surface area contributed by atoms with Crippen LogP contribution in [0.5, 0.6) is 0 Å². The van der Waals surface area contributed by atoms with Gasteiger partial charge in [0.2, 0.25) is 0 Å². The van der Waals surface area contributed by atoms with E-state index < -0.39 is 0 Å². The molecule has 1 aromatic heterocycles. The van der Waals surface area contributed by atoms with Crippen LogP contribution in [0.15, 0.2) is 29.3 Å². The Bertz CT molecular complexity index is 775. The van der Waals surface area contributed by atoms with Crippen LogP contribution in [0.25, 0.3) is 0 Å². The molecule has 2 heterocycles. The fourth-order valence-corrected chi connectivity index (χ4v) is 3.17. The highest BCUT2D eigenvalue weighted by molar-refractivity contribution is 5.80. The smallest absolute Gasteiger partial charge is 0.191 e. The first-order valence-electron chi connectivity index (χ1n) is 9.39. The van der Waals surface area contributed by atoms with Crippen LogP contribution in [0.4, 0.5) is 4.39 Å². The zero-order chi connectivity index (χ0) is 19.1. The van der Waals surface area contributed by atoms with Crippen LogP contribution >= 0.6 is 0 Å². The molecule has 27 heavy (non-hydrogen) atoms. The number of hydrogen-bond donors (Lipinski definition) is 2. The molecule has 0 spiro atoms. The van der Waals surface area contributed by atoms with Crippen molar-refractivity contribution >= 4 is 5.96 Å². The molecule has 0 radical (unpaired) electrons. The molecule has 0 bridgehead atoms. The second-order valence-electron chi connectivity index (χ2n) is 6.54. The molecule has 1 aliphatic rings. The van der Waals surface area contributed by atoms with Gasteiger partial charge in [-0.25, -0.2) is 14.1 Å². The third-order valence-corrected chi connectivity index (χ3v) is 4.47. The number of aromatic nitrogens is 3. The molecule has 7 nitrogen and oxygen atoms in total. The highest BCUT2D eigenvalue weighted by atomic mass is 19.1. The van der Waals surface area contributed by atoms with Crippen molar-refractivity contribution in [1.82, 2.24) is 25.4 Å². The Morgan fingerprint density at radius 1 is 1.41 bits per heavy atom. The summed E-state index contributed by atoms with van der Waals surface area (Å²) in [7, 11) is 1.64. The minimum absolute atomic E-state index is 0.177. The monoisotopic (exact) mass is 374 g/mol. The summed E-state index contributed by atoms with van der Waals surface area (Å²) >= 11 is 0. The summed E-state index contributed by atoms with van der Waals surface area (Å²) in [4.78, 5) is 9.10. The molecular weight excluding hydrogens is 347 g/mol. The van der Waals surface area contributed by atoms with Gasteiger partial charge in [0, 0.05) is 32.7 Å². The quantitative estimate of drug-likeness (QED) is 0.570. The highest BCUT2D eigenvalue weighted by Crippen LogP contribution is 2.13. The van der Waals surface area contributed by atoms with E-state index in [-0.39, 0.29) is 11.9 Å². The predicted molar refractivity (Wildman–Crippen MR) is 102 cm³/mol. The van der Waals surface area contributed by atoms with Gasteiger partial charge in [0.05, 0.1) is 6.54 Å². The molecular formula is C19H27FN6O. The summed E-state index contributed by atoms with van der Waals surface area (Å²) in [6.07, 6.45) is 2.40. The summed E-state index contributed by atoms with van der Waals surface area (Å²) in [5.41, 5.74) is 0.688. The van der Waals surface area contributed by atoms with Gasteiger partial charge < -0.3 is 15.4 Å². The first kappa shape index (κ1) is 19.3. The first-order valence-corrected chi connectivity index (χ1v) is 9.39. The lowest BCUT2D eigenvalue weighted by Gasteiger charge is -2.25. The van der Waals surface area contributed by atoms with Gasteiger partial charge in [0.1, 0.15) is 18.2 Å². The summed E-state index contributed by atoms with van der Waals surface area (Å²) in [6.45, 7) is 4.49. The number of aliphatic imine (C=N–C) groups is 1. The van der Waals surface area contributed by atoms with E-state index in [1.165, 1.54) is 6.07 Å². The molecule has 1 unspecified atom stereocenters. The van der Waals surface area contributed by atoms with Gasteiger partial charge >= 0.3 is 0 Å². The van der Waals surface area contributed by atoms with Crippen molar-refractivity contribution in [2.75, 3.05) is 20.2 Å². The Balaban J connectivity index is 1.58. The number of rotatable bonds is 7. The van der Waals surface area contributed by atoms with Crippen LogP contribution in [0.1, 0.15) is 30.6 Å². The molecule has 8 heteroatoms. The van der Waals surface area contributed by atoms with E-state index in [0.29, 0.717) is 25.1 Å². The van der Waals surface area contributed by atoms with Gasteiger partial charge in [-0.2, -0.15) is 5.10 Å². The van der Waals surface area contributed by atoms with Crippen molar-refractivity contribution < 1.29 is 9.13 Å². The molecule has 1 atom stereocenters. The molecule has 1 aliphatic heterocycles. The van der Waals surface area contributed by atoms with Crippen molar-refractivity contribution in [3.05, 3.63) is 47.3 Å².